The smallest absolute Gasteiger partial charge is 0.312 e. The molecule has 2 rings (SSSR count). The molecule has 0 aliphatic carbocycles. The Balaban J connectivity index is 2.41. The number of benzene rings is 1. The molecule has 0 aromatic heterocycles. The summed E-state index contributed by atoms with van der Waals surface area (Å²) >= 11 is 0. The van der Waals surface area contributed by atoms with Crippen LogP contribution >= 0.6 is 0 Å². The van der Waals surface area contributed by atoms with Crippen molar-refractivity contribution >= 4 is 11.7 Å². The van der Waals surface area contributed by atoms with Gasteiger partial charge in [0.15, 0.2) is 0 Å². The molecule has 0 bridgehead atoms. The number of carboxylic acids is 1. The van der Waals surface area contributed by atoms with Crippen LogP contribution in [0.15, 0.2) is 18.2 Å². The molecule has 0 amide bonds. The van der Waals surface area contributed by atoms with Crippen molar-refractivity contribution in [1.82, 2.24) is 0 Å². The molecule has 3 heteroatoms. The molecule has 0 saturated heterocycles. The van der Waals surface area contributed by atoms with Crippen LogP contribution in [0.5, 0.6) is 0 Å². The Morgan fingerprint density at radius 2 is 2.43 bits per heavy atom. The fourth-order valence-corrected chi connectivity index (χ4v) is 1.82. The standard InChI is InChI=1S/C11H13NO2/c1-2-7-3-4-10-8(5-7)9(6-12-10)11(13)14/h3-5,9,12H,2,6H2,1H3,(H,13,14). The van der Waals surface area contributed by atoms with Crippen molar-refractivity contribution in [2.75, 3.05) is 11.9 Å². The molecule has 1 aromatic carbocycles. The summed E-state index contributed by atoms with van der Waals surface area (Å²) in [7, 11) is 0. The summed E-state index contributed by atoms with van der Waals surface area (Å²) in [5, 5.41) is 12.1. The van der Waals surface area contributed by atoms with E-state index in [1.54, 1.807) is 0 Å². The zero-order valence-electron chi connectivity index (χ0n) is 8.08. The summed E-state index contributed by atoms with van der Waals surface area (Å²) in [4.78, 5) is 10.9. The van der Waals surface area contributed by atoms with Gasteiger partial charge in [0.25, 0.3) is 0 Å². The molecule has 0 spiro atoms. The van der Waals surface area contributed by atoms with Crippen molar-refractivity contribution in [3.8, 4) is 0 Å². The molecular weight excluding hydrogens is 178 g/mol. The Hall–Kier alpha value is -1.51. The first-order chi connectivity index (χ1) is 6.72. The summed E-state index contributed by atoms with van der Waals surface area (Å²) in [6.45, 7) is 2.58. The number of hydrogen-bond acceptors (Lipinski definition) is 2. The van der Waals surface area contributed by atoms with Crippen molar-refractivity contribution in [2.24, 2.45) is 0 Å². The van der Waals surface area contributed by atoms with Gasteiger partial charge in [-0.1, -0.05) is 19.1 Å². The number of anilines is 1. The zero-order valence-corrected chi connectivity index (χ0v) is 8.08. The molecule has 3 nitrogen and oxygen atoms in total. The molecule has 2 N–H and O–H groups in total. The highest BCUT2D eigenvalue weighted by Gasteiger charge is 2.27. The summed E-state index contributed by atoms with van der Waals surface area (Å²) in [6, 6.07) is 6.00. The van der Waals surface area contributed by atoms with E-state index in [1.165, 1.54) is 5.56 Å². The molecule has 74 valence electrons. The van der Waals surface area contributed by atoms with Gasteiger partial charge in [0.2, 0.25) is 0 Å². The van der Waals surface area contributed by atoms with Gasteiger partial charge in [-0.15, -0.1) is 0 Å². The van der Waals surface area contributed by atoms with Gasteiger partial charge in [-0.2, -0.15) is 0 Å². The maximum Gasteiger partial charge on any atom is 0.312 e. The lowest BCUT2D eigenvalue weighted by molar-refractivity contribution is -0.138. The van der Waals surface area contributed by atoms with Gasteiger partial charge in [0.05, 0.1) is 0 Å². The van der Waals surface area contributed by atoms with E-state index in [0.29, 0.717) is 6.54 Å². The average molecular weight is 191 g/mol. The topological polar surface area (TPSA) is 49.3 Å². The largest absolute Gasteiger partial charge is 0.481 e. The monoisotopic (exact) mass is 191 g/mol. The number of rotatable bonds is 2. The summed E-state index contributed by atoms with van der Waals surface area (Å²) in [5.41, 5.74) is 3.09. The number of carboxylic acid groups (broad SMARTS) is 1. The first kappa shape index (κ1) is 9.06. The number of hydrogen-bond donors (Lipinski definition) is 2. The lowest BCUT2D eigenvalue weighted by Crippen LogP contribution is -2.13. The molecule has 0 fully saturated rings. The predicted octanol–water partition coefficient (Wildman–Crippen LogP) is 1.84. The van der Waals surface area contributed by atoms with Crippen molar-refractivity contribution < 1.29 is 9.90 Å². The van der Waals surface area contributed by atoms with E-state index in [9.17, 15) is 4.79 Å². The van der Waals surface area contributed by atoms with Crippen LogP contribution in [0.25, 0.3) is 0 Å². The molecular formula is C11H13NO2. The fraction of sp³-hybridized carbons (Fsp3) is 0.364. The van der Waals surface area contributed by atoms with Gasteiger partial charge in [-0.05, 0) is 23.6 Å². The first-order valence-corrected chi connectivity index (χ1v) is 4.82. The third-order valence-electron chi connectivity index (χ3n) is 2.69. The molecule has 1 atom stereocenters. The van der Waals surface area contributed by atoms with Crippen LogP contribution in [0, 0.1) is 0 Å². The SMILES string of the molecule is CCc1ccc2c(c1)C(C(=O)O)CN2. The number of aliphatic carboxylic acids is 1. The quantitative estimate of drug-likeness (QED) is 0.750. The minimum Gasteiger partial charge on any atom is -0.481 e. The van der Waals surface area contributed by atoms with E-state index in [0.717, 1.165) is 17.7 Å². The van der Waals surface area contributed by atoms with E-state index < -0.39 is 5.97 Å². The third kappa shape index (κ3) is 1.35. The minimum atomic E-state index is -0.746. The Morgan fingerprint density at radius 1 is 1.64 bits per heavy atom. The van der Waals surface area contributed by atoms with Gasteiger partial charge >= 0.3 is 5.97 Å². The molecule has 1 unspecified atom stereocenters. The van der Waals surface area contributed by atoms with Gasteiger partial charge < -0.3 is 10.4 Å². The molecule has 0 radical (unpaired) electrons. The van der Waals surface area contributed by atoms with Crippen LogP contribution in [0.3, 0.4) is 0 Å². The lowest BCUT2D eigenvalue weighted by Gasteiger charge is -2.05. The normalized spacial score (nSPS) is 18.8. The summed E-state index contributed by atoms with van der Waals surface area (Å²) < 4.78 is 0. The Labute approximate surface area is 82.8 Å². The molecule has 1 heterocycles. The lowest BCUT2D eigenvalue weighted by atomic mass is 9.98. The third-order valence-corrected chi connectivity index (χ3v) is 2.69. The van der Waals surface area contributed by atoms with Crippen LogP contribution < -0.4 is 5.32 Å². The van der Waals surface area contributed by atoms with Crippen molar-refractivity contribution in [1.29, 1.82) is 0 Å². The minimum absolute atomic E-state index is 0.378. The fourth-order valence-electron chi connectivity index (χ4n) is 1.82. The van der Waals surface area contributed by atoms with E-state index in [4.69, 9.17) is 5.11 Å². The maximum atomic E-state index is 10.9. The maximum absolute atomic E-state index is 10.9. The van der Waals surface area contributed by atoms with Gasteiger partial charge in [-0.25, -0.2) is 0 Å². The second kappa shape index (κ2) is 3.33. The van der Waals surface area contributed by atoms with E-state index in [1.807, 2.05) is 18.2 Å². The Bertz CT molecular complexity index is 374. The van der Waals surface area contributed by atoms with Crippen LogP contribution in [0.4, 0.5) is 5.69 Å². The zero-order chi connectivity index (χ0) is 10.1. The van der Waals surface area contributed by atoms with Crippen LogP contribution in [-0.2, 0) is 11.2 Å². The van der Waals surface area contributed by atoms with Crippen LogP contribution in [-0.4, -0.2) is 17.6 Å². The summed E-state index contributed by atoms with van der Waals surface area (Å²) in [5.74, 6) is -1.12. The molecule has 1 aromatic rings. The van der Waals surface area contributed by atoms with E-state index in [2.05, 4.69) is 12.2 Å². The molecule has 1 aliphatic heterocycles. The molecule has 1 aliphatic rings. The average Bonchev–Trinajstić information content (AvgIpc) is 2.59. The number of carbonyl (C=O) groups is 1. The van der Waals surface area contributed by atoms with E-state index >= 15 is 0 Å². The van der Waals surface area contributed by atoms with Crippen LogP contribution in [0.2, 0.25) is 0 Å². The van der Waals surface area contributed by atoms with E-state index in [-0.39, 0.29) is 5.92 Å². The summed E-state index contributed by atoms with van der Waals surface area (Å²) in [6.07, 6.45) is 0.944. The number of nitrogens with one attached hydrogen (secondary N) is 1. The van der Waals surface area contributed by atoms with Crippen molar-refractivity contribution in [3.63, 3.8) is 0 Å². The number of aryl methyl sites for hydroxylation is 1. The van der Waals surface area contributed by atoms with Crippen LogP contribution in [0.1, 0.15) is 24.0 Å². The predicted molar refractivity (Wildman–Crippen MR) is 54.7 cm³/mol. The molecule has 14 heavy (non-hydrogen) atoms. The Morgan fingerprint density at radius 3 is 3.07 bits per heavy atom. The second-order valence-corrected chi connectivity index (χ2v) is 3.55. The highest BCUT2D eigenvalue weighted by atomic mass is 16.4. The number of fused-ring (bicyclic) bond motifs is 1. The second-order valence-electron chi connectivity index (χ2n) is 3.55. The molecule has 0 saturated carbocycles. The first-order valence-electron chi connectivity index (χ1n) is 4.82. The highest BCUT2D eigenvalue weighted by Crippen LogP contribution is 2.32. The highest BCUT2D eigenvalue weighted by molar-refractivity contribution is 5.82. The van der Waals surface area contributed by atoms with Crippen molar-refractivity contribution in [3.05, 3.63) is 29.3 Å². The van der Waals surface area contributed by atoms with Gasteiger partial charge in [-0.3, -0.25) is 4.79 Å². The van der Waals surface area contributed by atoms with Gasteiger partial charge in [0, 0.05) is 12.2 Å². The Kier molecular flexibility index (Phi) is 2.15. The van der Waals surface area contributed by atoms with Gasteiger partial charge in [0.1, 0.15) is 5.92 Å². The van der Waals surface area contributed by atoms with Crippen molar-refractivity contribution in [2.45, 2.75) is 19.3 Å².